The molecular formula is C19H17FN2O. The third-order valence-corrected chi connectivity index (χ3v) is 3.61. The zero-order valence-electron chi connectivity index (χ0n) is 12.6. The van der Waals surface area contributed by atoms with E-state index in [0.29, 0.717) is 13.0 Å². The maximum atomic E-state index is 12.8. The summed E-state index contributed by atoms with van der Waals surface area (Å²) in [4.78, 5) is 12.0. The van der Waals surface area contributed by atoms with Gasteiger partial charge < -0.3 is 9.88 Å². The lowest BCUT2D eigenvalue weighted by Gasteiger charge is -2.07. The van der Waals surface area contributed by atoms with E-state index in [9.17, 15) is 9.18 Å². The zero-order chi connectivity index (χ0) is 16.1. The van der Waals surface area contributed by atoms with Gasteiger partial charge >= 0.3 is 0 Å². The first-order valence-corrected chi connectivity index (χ1v) is 7.44. The predicted molar refractivity (Wildman–Crippen MR) is 87.7 cm³/mol. The van der Waals surface area contributed by atoms with Gasteiger partial charge in [0.1, 0.15) is 5.82 Å². The lowest BCUT2D eigenvalue weighted by molar-refractivity contribution is -0.120. The fraction of sp³-hybridized carbons (Fsp3) is 0.105. The lowest BCUT2D eigenvalue weighted by Crippen LogP contribution is -2.24. The van der Waals surface area contributed by atoms with Gasteiger partial charge in [-0.05, 0) is 47.5 Å². The van der Waals surface area contributed by atoms with Gasteiger partial charge in [-0.3, -0.25) is 4.79 Å². The minimum Gasteiger partial charge on any atom is -0.352 e. The average Bonchev–Trinajstić information content (AvgIpc) is 3.09. The van der Waals surface area contributed by atoms with Gasteiger partial charge in [0.2, 0.25) is 5.91 Å². The SMILES string of the molecule is O=C(Cc1ccc(-n2cccc2)cc1)NCc1ccc(F)cc1. The van der Waals surface area contributed by atoms with E-state index in [4.69, 9.17) is 0 Å². The third kappa shape index (κ3) is 4.07. The van der Waals surface area contributed by atoms with Gasteiger partial charge in [-0.1, -0.05) is 24.3 Å². The van der Waals surface area contributed by atoms with E-state index in [1.54, 1.807) is 12.1 Å². The average molecular weight is 308 g/mol. The first kappa shape index (κ1) is 15.0. The van der Waals surface area contributed by atoms with Crippen LogP contribution in [0.3, 0.4) is 0 Å². The summed E-state index contributed by atoms with van der Waals surface area (Å²) in [5, 5.41) is 2.84. The number of nitrogens with one attached hydrogen (secondary N) is 1. The van der Waals surface area contributed by atoms with Crippen molar-refractivity contribution in [2.24, 2.45) is 0 Å². The Hall–Kier alpha value is -2.88. The molecule has 0 unspecified atom stereocenters. The zero-order valence-corrected chi connectivity index (χ0v) is 12.6. The Morgan fingerprint density at radius 1 is 0.913 bits per heavy atom. The van der Waals surface area contributed by atoms with E-state index in [0.717, 1.165) is 16.8 Å². The molecule has 0 aliphatic rings. The van der Waals surface area contributed by atoms with Crippen LogP contribution in [0.2, 0.25) is 0 Å². The maximum absolute atomic E-state index is 12.8. The van der Waals surface area contributed by atoms with Crippen molar-refractivity contribution in [2.45, 2.75) is 13.0 Å². The van der Waals surface area contributed by atoms with Crippen molar-refractivity contribution >= 4 is 5.91 Å². The minimum atomic E-state index is -0.275. The lowest BCUT2D eigenvalue weighted by atomic mass is 10.1. The molecule has 23 heavy (non-hydrogen) atoms. The molecule has 116 valence electrons. The van der Waals surface area contributed by atoms with Gasteiger partial charge in [-0.2, -0.15) is 0 Å². The number of halogens is 1. The van der Waals surface area contributed by atoms with Crippen molar-refractivity contribution in [1.82, 2.24) is 9.88 Å². The highest BCUT2D eigenvalue weighted by Gasteiger charge is 2.04. The number of benzene rings is 2. The Morgan fingerprint density at radius 2 is 1.52 bits per heavy atom. The maximum Gasteiger partial charge on any atom is 0.224 e. The number of amides is 1. The Labute approximate surface area is 134 Å². The fourth-order valence-electron chi connectivity index (χ4n) is 2.34. The van der Waals surface area contributed by atoms with Crippen LogP contribution >= 0.6 is 0 Å². The van der Waals surface area contributed by atoms with E-state index >= 15 is 0 Å². The van der Waals surface area contributed by atoms with Crippen molar-refractivity contribution < 1.29 is 9.18 Å². The molecule has 3 nitrogen and oxygen atoms in total. The number of hydrogen-bond acceptors (Lipinski definition) is 1. The van der Waals surface area contributed by atoms with Crippen molar-refractivity contribution in [3.63, 3.8) is 0 Å². The van der Waals surface area contributed by atoms with E-state index < -0.39 is 0 Å². The van der Waals surface area contributed by atoms with Crippen molar-refractivity contribution in [3.8, 4) is 5.69 Å². The quantitative estimate of drug-likeness (QED) is 0.769. The summed E-state index contributed by atoms with van der Waals surface area (Å²) in [7, 11) is 0. The Kier molecular flexibility index (Phi) is 4.52. The monoisotopic (exact) mass is 308 g/mol. The van der Waals surface area contributed by atoms with Gasteiger partial charge in [0.25, 0.3) is 0 Å². The first-order chi connectivity index (χ1) is 11.2. The summed E-state index contributed by atoms with van der Waals surface area (Å²) in [6.45, 7) is 0.403. The van der Waals surface area contributed by atoms with Gasteiger partial charge in [0.15, 0.2) is 0 Å². The normalized spacial score (nSPS) is 10.5. The highest BCUT2D eigenvalue weighted by molar-refractivity contribution is 5.78. The van der Waals surface area contributed by atoms with Gasteiger partial charge in [-0.15, -0.1) is 0 Å². The number of hydrogen-bond donors (Lipinski definition) is 1. The molecule has 1 N–H and O–H groups in total. The first-order valence-electron chi connectivity index (χ1n) is 7.44. The summed E-state index contributed by atoms with van der Waals surface area (Å²) in [6, 6.07) is 17.9. The van der Waals surface area contributed by atoms with Crippen molar-refractivity contribution in [3.05, 3.63) is 90.0 Å². The van der Waals surface area contributed by atoms with Crippen LogP contribution in [0.15, 0.2) is 73.1 Å². The van der Waals surface area contributed by atoms with Crippen LogP contribution in [0.1, 0.15) is 11.1 Å². The minimum absolute atomic E-state index is 0.0527. The molecule has 0 aliphatic heterocycles. The standard InChI is InChI=1S/C19H17FN2O/c20-17-7-3-16(4-8-17)14-21-19(23)13-15-5-9-18(10-6-15)22-11-1-2-12-22/h1-12H,13-14H2,(H,21,23). The summed E-state index contributed by atoms with van der Waals surface area (Å²) in [5.74, 6) is -0.328. The Morgan fingerprint density at radius 3 is 2.17 bits per heavy atom. The molecule has 1 amide bonds. The van der Waals surface area contributed by atoms with Crippen LogP contribution < -0.4 is 5.32 Å². The highest BCUT2D eigenvalue weighted by Crippen LogP contribution is 2.10. The molecule has 0 spiro atoms. The Bertz CT molecular complexity index is 762. The molecule has 0 aliphatic carbocycles. The molecule has 0 bridgehead atoms. The van der Waals surface area contributed by atoms with Crippen molar-refractivity contribution in [2.75, 3.05) is 0 Å². The van der Waals surface area contributed by atoms with Crippen LogP contribution in [0.25, 0.3) is 5.69 Å². The molecule has 0 radical (unpaired) electrons. The van der Waals surface area contributed by atoms with Crippen LogP contribution in [-0.4, -0.2) is 10.5 Å². The van der Waals surface area contributed by atoms with Crippen molar-refractivity contribution in [1.29, 1.82) is 0 Å². The second kappa shape index (κ2) is 6.92. The van der Waals surface area contributed by atoms with Crippen LogP contribution in [0, 0.1) is 5.82 Å². The van der Waals surface area contributed by atoms with Gasteiger partial charge in [-0.25, -0.2) is 4.39 Å². The Balaban J connectivity index is 1.54. The third-order valence-electron chi connectivity index (χ3n) is 3.61. The van der Waals surface area contributed by atoms with Crippen LogP contribution in [0.4, 0.5) is 4.39 Å². The number of rotatable bonds is 5. The molecule has 3 rings (SSSR count). The molecule has 4 heteroatoms. The van der Waals surface area contributed by atoms with Crippen LogP contribution in [0.5, 0.6) is 0 Å². The van der Waals surface area contributed by atoms with E-state index in [2.05, 4.69) is 5.32 Å². The number of carbonyl (C=O) groups is 1. The van der Waals surface area contributed by atoms with Gasteiger partial charge in [0, 0.05) is 24.6 Å². The van der Waals surface area contributed by atoms with E-state index in [1.165, 1.54) is 12.1 Å². The van der Waals surface area contributed by atoms with Gasteiger partial charge in [0.05, 0.1) is 6.42 Å². The molecule has 0 saturated heterocycles. The number of nitrogens with zero attached hydrogens (tertiary/aromatic N) is 1. The highest BCUT2D eigenvalue weighted by atomic mass is 19.1. The smallest absolute Gasteiger partial charge is 0.224 e. The summed E-state index contributed by atoms with van der Waals surface area (Å²) in [5.41, 5.74) is 2.89. The molecule has 3 aromatic rings. The van der Waals surface area contributed by atoms with E-state index in [1.807, 2.05) is 53.4 Å². The predicted octanol–water partition coefficient (Wildman–Crippen LogP) is 3.48. The number of aromatic nitrogens is 1. The summed E-state index contributed by atoms with van der Waals surface area (Å²) < 4.78 is 14.8. The largest absolute Gasteiger partial charge is 0.352 e. The van der Waals surface area contributed by atoms with Crippen LogP contribution in [-0.2, 0) is 17.8 Å². The molecule has 0 atom stereocenters. The second-order valence-electron chi connectivity index (χ2n) is 5.34. The molecule has 0 fully saturated rings. The fourth-order valence-corrected chi connectivity index (χ4v) is 2.34. The second-order valence-corrected chi connectivity index (χ2v) is 5.34. The molecular weight excluding hydrogens is 291 g/mol. The molecule has 0 saturated carbocycles. The molecule has 2 aromatic carbocycles. The topological polar surface area (TPSA) is 34.0 Å². The summed E-state index contributed by atoms with van der Waals surface area (Å²) in [6.07, 6.45) is 4.28. The molecule has 1 aromatic heterocycles. The summed E-state index contributed by atoms with van der Waals surface area (Å²) >= 11 is 0. The number of carbonyl (C=O) groups excluding carboxylic acids is 1. The molecule has 1 heterocycles. The van der Waals surface area contributed by atoms with E-state index in [-0.39, 0.29) is 11.7 Å².